The lowest BCUT2D eigenvalue weighted by atomic mass is 10.0. The number of nitrogens with one attached hydrogen (secondary N) is 1. The van der Waals surface area contributed by atoms with Crippen LogP contribution in [0.2, 0.25) is 0 Å². The van der Waals surface area contributed by atoms with Crippen LogP contribution in [0, 0.1) is 5.82 Å². The van der Waals surface area contributed by atoms with Crippen LogP contribution in [0.15, 0.2) is 54.6 Å². The van der Waals surface area contributed by atoms with E-state index in [1.165, 1.54) is 24.3 Å². The third-order valence-corrected chi connectivity index (χ3v) is 5.32. The van der Waals surface area contributed by atoms with Gasteiger partial charge >= 0.3 is 11.9 Å². The molecule has 2 aromatic carbocycles. The van der Waals surface area contributed by atoms with Crippen molar-refractivity contribution < 1.29 is 37.7 Å². The molecule has 0 saturated carbocycles. The van der Waals surface area contributed by atoms with Crippen LogP contribution >= 0.6 is 0 Å². The van der Waals surface area contributed by atoms with E-state index < -0.39 is 54.2 Å². The van der Waals surface area contributed by atoms with Gasteiger partial charge in [0.1, 0.15) is 11.9 Å². The second kappa shape index (κ2) is 9.46. The van der Waals surface area contributed by atoms with Gasteiger partial charge in [0.2, 0.25) is 0 Å². The average Bonchev–Trinajstić information content (AvgIpc) is 3.26. The number of benzene rings is 2. The van der Waals surface area contributed by atoms with Gasteiger partial charge < -0.3 is 29.0 Å². The lowest BCUT2D eigenvalue weighted by Gasteiger charge is -2.30. The zero-order valence-electron chi connectivity index (χ0n) is 18.5. The van der Waals surface area contributed by atoms with Crippen LogP contribution in [-0.2, 0) is 28.5 Å². The first-order valence-electron chi connectivity index (χ1n) is 10.7. The van der Waals surface area contributed by atoms with E-state index in [4.69, 9.17) is 23.7 Å². The van der Waals surface area contributed by atoms with Crippen LogP contribution in [0.5, 0.6) is 0 Å². The number of esters is 2. The first-order valence-corrected chi connectivity index (χ1v) is 10.7. The molecule has 33 heavy (non-hydrogen) atoms. The van der Waals surface area contributed by atoms with E-state index in [1.54, 1.807) is 51.1 Å². The maximum atomic E-state index is 13.4. The SMILES string of the molecule is CCOC(=O)[C@H](Nc1ccc(F)cc1)[C@@H]1O[C@@H]2OC(C)(C)O[C@@H]2[C@H]1OC(=O)c1ccccc1. The summed E-state index contributed by atoms with van der Waals surface area (Å²) in [7, 11) is 0. The van der Waals surface area contributed by atoms with Gasteiger partial charge in [-0.15, -0.1) is 0 Å². The van der Waals surface area contributed by atoms with Crippen LogP contribution in [0.3, 0.4) is 0 Å². The molecule has 9 heteroatoms. The predicted molar refractivity (Wildman–Crippen MR) is 115 cm³/mol. The van der Waals surface area contributed by atoms with Crippen LogP contribution in [-0.4, -0.2) is 55.0 Å². The maximum absolute atomic E-state index is 13.4. The van der Waals surface area contributed by atoms with Crippen LogP contribution in [0.1, 0.15) is 31.1 Å². The fraction of sp³-hybridized carbons (Fsp3) is 0.417. The molecule has 0 radical (unpaired) electrons. The van der Waals surface area contributed by atoms with E-state index in [0.717, 1.165) is 0 Å². The summed E-state index contributed by atoms with van der Waals surface area (Å²) >= 11 is 0. The second-order valence-electron chi connectivity index (χ2n) is 8.19. The molecule has 0 spiro atoms. The van der Waals surface area contributed by atoms with Crippen molar-refractivity contribution in [3.05, 3.63) is 66.0 Å². The van der Waals surface area contributed by atoms with Crippen molar-refractivity contribution in [3.8, 4) is 0 Å². The predicted octanol–water partition coefficient (Wildman–Crippen LogP) is 3.27. The number of fused-ring (bicyclic) bond motifs is 1. The van der Waals surface area contributed by atoms with Crippen molar-refractivity contribution >= 4 is 17.6 Å². The summed E-state index contributed by atoms with van der Waals surface area (Å²) in [4.78, 5) is 25.7. The molecule has 0 aromatic heterocycles. The Morgan fingerprint density at radius 1 is 1.09 bits per heavy atom. The van der Waals surface area contributed by atoms with Gasteiger partial charge in [-0.25, -0.2) is 14.0 Å². The molecule has 8 nitrogen and oxygen atoms in total. The lowest BCUT2D eigenvalue weighted by molar-refractivity contribution is -0.217. The molecule has 2 saturated heterocycles. The Hall–Kier alpha value is -3.01. The summed E-state index contributed by atoms with van der Waals surface area (Å²) < 4.78 is 42.2. The van der Waals surface area contributed by atoms with E-state index in [9.17, 15) is 14.0 Å². The highest BCUT2D eigenvalue weighted by Gasteiger charge is 2.59. The second-order valence-corrected chi connectivity index (χ2v) is 8.19. The smallest absolute Gasteiger partial charge is 0.338 e. The molecule has 0 aliphatic carbocycles. The van der Waals surface area contributed by atoms with Gasteiger partial charge in [0.25, 0.3) is 0 Å². The van der Waals surface area contributed by atoms with E-state index in [-0.39, 0.29) is 6.61 Å². The van der Waals surface area contributed by atoms with Crippen molar-refractivity contribution in [2.45, 2.75) is 57.2 Å². The van der Waals surface area contributed by atoms with Crippen LogP contribution in [0.25, 0.3) is 0 Å². The van der Waals surface area contributed by atoms with Crippen molar-refractivity contribution in [2.24, 2.45) is 0 Å². The molecular formula is C24H26FNO7. The van der Waals surface area contributed by atoms with E-state index in [0.29, 0.717) is 11.3 Å². The van der Waals surface area contributed by atoms with Crippen LogP contribution < -0.4 is 5.32 Å². The molecule has 2 fully saturated rings. The molecule has 5 atom stereocenters. The average molecular weight is 459 g/mol. The number of rotatable bonds is 7. The number of ether oxygens (including phenoxy) is 5. The number of halogens is 1. The lowest BCUT2D eigenvalue weighted by Crippen LogP contribution is -2.50. The summed E-state index contributed by atoms with van der Waals surface area (Å²) in [6.07, 6.45) is -3.59. The Morgan fingerprint density at radius 2 is 1.79 bits per heavy atom. The number of carbonyl (C=O) groups excluding carboxylic acids is 2. The summed E-state index contributed by atoms with van der Waals surface area (Å²) in [5.74, 6) is -2.58. The fourth-order valence-corrected chi connectivity index (χ4v) is 3.91. The molecule has 176 valence electrons. The molecule has 4 rings (SSSR count). The van der Waals surface area contributed by atoms with E-state index >= 15 is 0 Å². The van der Waals surface area contributed by atoms with Crippen molar-refractivity contribution in [1.82, 2.24) is 0 Å². The van der Waals surface area contributed by atoms with Gasteiger partial charge in [-0.2, -0.15) is 0 Å². The van der Waals surface area contributed by atoms with Crippen molar-refractivity contribution in [1.29, 1.82) is 0 Å². The first kappa shape index (κ1) is 23.2. The summed E-state index contributed by atoms with van der Waals surface area (Å²) in [6, 6.07) is 12.9. The Kier molecular flexibility index (Phi) is 6.64. The van der Waals surface area contributed by atoms with Crippen molar-refractivity contribution in [3.63, 3.8) is 0 Å². The van der Waals surface area contributed by atoms with Crippen LogP contribution in [0.4, 0.5) is 10.1 Å². The Balaban J connectivity index is 1.63. The molecule has 2 aliphatic rings. The Bertz CT molecular complexity index is 982. The summed E-state index contributed by atoms with van der Waals surface area (Å²) in [6.45, 7) is 5.26. The zero-order chi connectivity index (χ0) is 23.6. The Morgan fingerprint density at radius 3 is 2.45 bits per heavy atom. The highest BCUT2D eigenvalue weighted by molar-refractivity contribution is 5.89. The largest absolute Gasteiger partial charge is 0.464 e. The maximum Gasteiger partial charge on any atom is 0.338 e. The Labute approximate surface area is 190 Å². The third kappa shape index (κ3) is 5.16. The standard InChI is InChI=1S/C24H26FNO7/c1-4-29-22(28)17(26-16-12-10-15(25)11-13-16)18-19(20-23(31-18)33-24(2,3)32-20)30-21(27)14-8-6-5-7-9-14/h5-13,17-20,23,26H,4H2,1-3H3/t17-,18+,19+,20-,23-/m1/s1. The molecule has 1 N–H and O–H groups in total. The minimum absolute atomic E-state index is 0.133. The van der Waals surface area contributed by atoms with Gasteiger partial charge in [-0.05, 0) is 57.2 Å². The monoisotopic (exact) mass is 459 g/mol. The third-order valence-electron chi connectivity index (χ3n) is 5.32. The molecule has 0 unspecified atom stereocenters. The van der Waals surface area contributed by atoms with E-state index in [2.05, 4.69) is 5.32 Å². The fourth-order valence-electron chi connectivity index (χ4n) is 3.91. The van der Waals surface area contributed by atoms with Gasteiger partial charge in [0.15, 0.2) is 30.3 Å². The molecule has 0 bridgehead atoms. The summed E-state index contributed by atoms with van der Waals surface area (Å²) in [5.41, 5.74) is 0.808. The minimum Gasteiger partial charge on any atom is -0.464 e. The minimum atomic E-state index is -1.08. The highest BCUT2D eigenvalue weighted by atomic mass is 19.1. The number of carbonyl (C=O) groups is 2. The molecule has 2 heterocycles. The zero-order valence-corrected chi connectivity index (χ0v) is 18.5. The summed E-state index contributed by atoms with van der Waals surface area (Å²) in [5, 5.41) is 3.02. The van der Waals surface area contributed by atoms with Gasteiger partial charge in [0.05, 0.1) is 12.2 Å². The topological polar surface area (TPSA) is 92.3 Å². The molecule has 2 aliphatic heterocycles. The van der Waals surface area contributed by atoms with Gasteiger partial charge in [-0.1, -0.05) is 18.2 Å². The first-order chi connectivity index (χ1) is 15.8. The number of hydrogen-bond acceptors (Lipinski definition) is 8. The quantitative estimate of drug-likeness (QED) is 0.631. The van der Waals surface area contributed by atoms with E-state index in [1.807, 2.05) is 0 Å². The van der Waals surface area contributed by atoms with Crippen molar-refractivity contribution in [2.75, 3.05) is 11.9 Å². The normalized spacial score (nSPS) is 26.3. The molecule has 2 aromatic rings. The molecular weight excluding hydrogens is 433 g/mol. The highest BCUT2D eigenvalue weighted by Crippen LogP contribution is 2.40. The molecule has 0 amide bonds. The van der Waals surface area contributed by atoms with Gasteiger partial charge in [-0.3, -0.25) is 0 Å². The number of anilines is 1. The van der Waals surface area contributed by atoms with Gasteiger partial charge in [0, 0.05) is 5.69 Å². The number of hydrogen-bond donors (Lipinski definition) is 1.